The van der Waals surface area contributed by atoms with E-state index in [2.05, 4.69) is 14.9 Å². The predicted octanol–water partition coefficient (Wildman–Crippen LogP) is 1.40. The molecule has 0 bridgehead atoms. The molecule has 1 heterocycles. The van der Waals surface area contributed by atoms with Crippen LogP contribution in [0.1, 0.15) is 37.6 Å². The summed E-state index contributed by atoms with van der Waals surface area (Å²) in [6.07, 6.45) is 3.22. The lowest BCUT2D eigenvalue weighted by molar-refractivity contribution is 0.513. The molecule has 1 aromatic rings. The highest BCUT2D eigenvalue weighted by Gasteiger charge is 2.14. The molecule has 0 aliphatic carbocycles. The fraction of sp³-hybridized carbons (Fsp3) is 0.800. The summed E-state index contributed by atoms with van der Waals surface area (Å²) in [4.78, 5) is 1.07. The summed E-state index contributed by atoms with van der Waals surface area (Å²) in [6, 6.07) is 0.173. The molecule has 0 aliphatic rings. The molecule has 0 aromatic carbocycles. The van der Waals surface area contributed by atoms with Crippen LogP contribution >= 0.6 is 11.5 Å². The molecular formula is C10H19N3O2S2. The highest BCUT2D eigenvalue weighted by molar-refractivity contribution is 7.91. The van der Waals surface area contributed by atoms with Gasteiger partial charge in [-0.1, -0.05) is 18.3 Å². The molecule has 0 amide bonds. The van der Waals surface area contributed by atoms with Crippen LogP contribution in [0.3, 0.4) is 0 Å². The Morgan fingerprint density at radius 1 is 1.47 bits per heavy atom. The third-order valence-corrected chi connectivity index (χ3v) is 5.13. The maximum absolute atomic E-state index is 11.4. The van der Waals surface area contributed by atoms with Crippen LogP contribution in [0, 0.1) is 0 Å². The van der Waals surface area contributed by atoms with Crippen molar-refractivity contribution in [3.63, 3.8) is 0 Å². The lowest BCUT2D eigenvalue weighted by Crippen LogP contribution is -2.21. The van der Waals surface area contributed by atoms with Crippen molar-refractivity contribution in [2.24, 2.45) is 0 Å². The Labute approximate surface area is 107 Å². The van der Waals surface area contributed by atoms with Gasteiger partial charge >= 0.3 is 0 Å². The van der Waals surface area contributed by atoms with Gasteiger partial charge in [-0.15, -0.1) is 5.10 Å². The van der Waals surface area contributed by atoms with Crippen LogP contribution in [-0.4, -0.2) is 36.1 Å². The van der Waals surface area contributed by atoms with Gasteiger partial charge in [-0.25, -0.2) is 8.42 Å². The fourth-order valence-electron chi connectivity index (χ4n) is 1.57. The van der Waals surface area contributed by atoms with Crippen molar-refractivity contribution in [1.82, 2.24) is 14.9 Å². The Hall–Kier alpha value is -0.530. The minimum Gasteiger partial charge on any atom is -0.309 e. The van der Waals surface area contributed by atoms with E-state index in [0.29, 0.717) is 6.42 Å². The summed E-state index contributed by atoms with van der Waals surface area (Å²) in [5, 5.41) is 7.13. The van der Waals surface area contributed by atoms with Gasteiger partial charge in [-0.2, -0.15) is 0 Å². The topological polar surface area (TPSA) is 72.0 Å². The number of rotatable bonds is 8. The molecule has 0 spiro atoms. The van der Waals surface area contributed by atoms with E-state index >= 15 is 0 Å². The molecule has 1 unspecified atom stereocenters. The molecule has 1 N–H and O–H groups in total. The van der Waals surface area contributed by atoms with E-state index in [0.717, 1.165) is 17.8 Å². The monoisotopic (exact) mass is 277 g/mol. The van der Waals surface area contributed by atoms with E-state index in [-0.39, 0.29) is 17.5 Å². The average molecular weight is 277 g/mol. The minimum atomic E-state index is -2.85. The van der Waals surface area contributed by atoms with Gasteiger partial charge in [-0.3, -0.25) is 0 Å². The largest absolute Gasteiger partial charge is 0.309 e. The normalized spacial score (nSPS) is 13.8. The van der Waals surface area contributed by atoms with Gasteiger partial charge in [0.1, 0.15) is 9.84 Å². The van der Waals surface area contributed by atoms with E-state index in [4.69, 9.17) is 0 Å². The van der Waals surface area contributed by atoms with Gasteiger partial charge in [0.25, 0.3) is 0 Å². The van der Waals surface area contributed by atoms with E-state index in [1.165, 1.54) is 11.5 Å². The van der Waals surface area contributed by atoms with Gasteiger partial charge in [0.2, 0.25) is 0 Å². The molecule has 0 radical (unpaired) electrons. The number of aromatic nitrogens is 2. The van der Waals surface area contributed by atoms with Gasteiger partial charge in [0.05, 0.1) is 16.8 Å². The van der Waals surface area contributed by atoms with E-state index in [9.17, 15) is 8.42 Å². The SMILES string of the molecule is CCNC(CCCS(=O)(=O)CC)c1cnns1. The van der Waals surface area contributed by atoms with E-state index in [1.54, 1.807) is 13.1 Å². The van der Waals surface area contributed by atoms with Crippen LogP contribution in [0.5, 0.6) is 0 Å². The highest BCUT2D eigenvalue weighted by atomic mass is 32.2. The summed E-state index contributed by atoms with van der Waals surface area (Å²) in [5.74, 6) is 0.485. The minimum absolute atomic E-state index is 0.173. The van der Waals surface area contributed by atoms with Crippen LogP contribution < -0.4 is 5.32 Å². The smallest absolute Gasteiger partial charge is 0.150 e. The first kappa shape index (κ1) is 14.5. The Morgan fingerprint density at radius 2 is 2.24 bits per heavy atom. The van der Waals surface area contributed by atoms with Crippen LogP contribution in [-0.2, 0) is 9.84 Å². The Kier molecular flexibility index (Phi) is 6.01. The van der Waals surface area contributed by atoms with Crippen molar-refractivity contribution in [1.29, 1.82) is 0 Å². The maximum atomic E-state index is 11.4. The molecule has 7 heteroatoms. The van der Waals surface area contributed by atoms with Gasteiger partial charge in [-0.05, 0) is 30.9 Å². The zero-order chi connectivity index (χ0) is 12.7. The highest BCUT2D eigenvalue weighted by Crippen LogP contribution is 2.20. The lowest BCUT2D eigenvalue weighted by atomic mass is 10.1. The number of nitrogens with zero attached hydrogens (tertiary/aromatic N) is 2. The van der Waals surface area contributed by atoms with Gasteiger partial charge in [0.15, 0.2) is 0 Å². The maximum Gasteiger partial charge on any atom is 0.150 e. The van der Waals surface area contributed by atoms with Crippen molar-refractivity contribution in [3.8, 4) is 0 Å². The van der Waals surface area contributed by atoms with Crippen molar-refractivity contribution < 1.29 is 8.42 Å². The summed E-state index contributed by atoms with van der Waals surface area (Å²) in [7, 11) is -2.85. The third-order valence-electron chi connectivity index (χ3n) is 2.56. The van der Waals surface area contributed by atoms with E-state index in [1.807, 2.05) is 6.92 Å². The summed E-state index contributed by atoms with van der Waals surface area (Å²) in [5.41, 5.74) is 0. The molecule has 1 rings (SSSR count). The molecular weight excluding hydrogens is 258 g/mol. The number of hydrogen-bond acceptors (Lipinski definition) is 6. The number of hydrogen-bond donors (Lipinski definition) is 1. The lowest BCUT2D eigenvalue weighted by Gasteiger charge is -2.14. The van der Waals surface area contributed by atoms with Crippen molar-refractivity contribution >= 4 is 21.4 Å². The van der Waals surface area contributed by atoms with Crippen molar-refractivity contribution in [2.45, 2.75) is 32.7 Å². The molecule has 0 aliphatic heterocycles. The molecule has 1 atom stereocenters. The Bertz CT molecular complexity index is 403. The second-order valence-electron chi connectivity index (χ2n) is 3.81. The summed E-state index contributed by atoms with van der Waals surface area (Å²) < 4.78 is 26.6. The molecule has 5 nitrogen and oxygen atoms in total. The first-order valence-corrected chi connectivity index (χ1v) is 8.39. The second-order valence-corrected chi connectivity index (χ2v) is 7.10. The van der Waals surface area contributed by atoms with E-state index < -0.39 is 9.84 Å². The predicted molar refractivity (Wildman–Crippen MR) is 69.9 cm³/mol. The summed E-state index contributed by atoms with van der Waals surface area (Å²) in [6.45, 7) is 4.57. The van der Waals surface area contributed by atoms with Crippen LogP contribution in [0.2, 0.25) is 0 Å². The van der Waals surface area contributed by atoms with Crippen molar-refractivity contribution in [3.05, 3.63) is 11.1 Å². The molecule has 98 valence electrons. The Balaban J connectivity index is 2.46. The van der Waals surface area contributed by atoms with Crippen molar-refractivity contribution in [2.75, 3.05) is 18.1 Å². The fourth-order valence-corrected chi connectivity index (χ4v) is 3.08. The quantitative estimate of drug-likeness (QED) is 0.777. The molecule has 0 saturated carbocycles. The first-order valence-electron chi connectivity index (χ1n) is 5.80. The second kappa shape index (κ2) is 7.03. The molecule has 1 aromatic heterocycles. The van der Waals surface area contributed by atoms with Gasteiger partial charge < -0.3 is 5.32 Å². The first-order chi connectivity index (χ1) is 8.09. The zero-order valence-electron chi connectivity index (χ0n) is 10.2. The number of nitrogens with one attached hydrogen (secondary N) is 1. The van der Waals surface area contributed by atoms with Crippen LogP contribution in [0.4, 0.5) is 0 Å². The average Bonchev–Trinajstić information content (AvgIpc) is 2.81. The number of sulfone groups is 1. The van der Waals surface area contributed by atoms with Crippen LogP contribution in [0.25, 0.3) is 0 Å². The molecule has 0 saturated heterocycles. The summed E-state index contributed by atoms with van der Waals surface area (Å²) >= 11 is 1.36. The Morgan fingerprint density at radius 3 is 2.76 bits per heavy atom. The standard InChI is InChI=1S/C10H19N3O2S2/c1-3-11-9(10-8-12-13-16-10)6-5-7-17(14,15)4-2/h8-9,11H,3-7H2,1-2H3. The molecule has 0 fully saturated rings. The third kappa shape index (κ3) is 5.10. The molecule has 17 heavy (non-hydrogen) atoms. The van der Waals surface area contributed by atoms with Crippen LogP contribution in [0.15, 0.2) is 6.20 Å². The van der Waals surface area contributed by atoms with Gasteiger partial charge in [0, 0.05) is 11.8 Å². The zero-order valence-corrected chi connectivity index (χ0v) is 11.9.